The summed E-state index contributed by atoms with van der Waals surface area (Å²) >= 11 is 1.39. The van der Waals surface area contributed by atoms with Crippen LogP contribution >= 0.6 is 11.5 Å². The van der Waals surface area contributed by atoms with E-state index in [4.69, 9.17) is 0 Å². The van der Waals surface area contributed by atoms with Crippen LogP contribution in [-0.2, 0) is 4.79 Å². The topological polar surface area (TPSA) is 47.2 Å². The minimum Gasteiger partial charge on any atom is -0.273 e. The summed E-state index contributed by atoms with van der Waals surface area (Å²) in [5.41, 5.74) is 2.27. The number of aromatic nitrogens is 2. The van der Waals surface area contributed by atoms with Gasteiger partial charge in [-0.25, -0.2) is 8.94 Å². The molecule has 100 valence electrons. The lowest BCUT2D eigenvalue weighted by atomic mass is 10.2. The van der Waals surface area contributed by atoms with Crippen LogP contribution in [0.5, 0.6) is 0 Å². The standard InChI is InChI=1S/C14H17N3OS/c1-9(2)13-16-14(15-11(4)18)19-17(13)12-7-5-10(3)6-8-12/h5-9H,1-4H3. The maximum Gasteiger partial charge on any atom is 0.245 e. The molecular weight excluding hydrogens is 258 g/mol. The monoisotopic (exact) mass is 275 g/mol. The molecule has 1 aromatic heterocycles. The summed E-state index contributed by atoms with van der Waals surface area (Å²) in [4.78, 5) is 19.9. The molecule has 0 atom stereocenters. The van der Waals surface area contributed by atoms with Crippen LogP contribution in [0.3, 0.4) is 0 Å². The molecule has 19 heavy (non-hydrogen) atoms. The van der Waals surface area contributed by atoms with Crippen LogP contribution in [0.1, 0.15) is 38.1 Å². The molecule has 1 aromatic carbocycles. The summed E-state index contributed by atoms with van der Waals surface area (Å²) in [6, 6.07) is 8.23. The summed E-state index contributed by atoms with van der Waals surface area (Å²) in [6.45, 7) is 7.65. The molecule has 2 rings (SSSR count). The van der Waals surface area contributed by atoms with Crippen molar-refractivity contribution in [3.05, 3.63) is 40.5 Å². The smallest absolute Gasteiger partial charge is 0.245 e. The maximum absolute atomic E-state index is 11.1. The van der Waals surface area contributed by atoms with Gasteiger partial charge in [-0.3, -0.25) is 4.79 Å². The number of rotatable bonds is 2. The molecule has 2 aromatic rings. The number of nitrogens with zero attached hydrogens (tertiary/aromatic N) is 3. The third-order valence-electron chi connectivity index (χ3n) is 2.63. The van der Waals surface area contributed by atoms with Crippen molar-refractivity contribution >= 4 is 17.4 Å². The molecule has 5 heteroatoms. The predicted molar refractivity (Wildman–Crippen MR) is 76.5 cm³/mol. The van der Waals surface area contributed by atoms with E-state index in [1.54, 1.807) is 0 Å². The molecular formula is C14H17N3OS. The van der Waals surface area contributed by atoms with Gasteiger partial charge in [0, 0.05) is 12.8 Å². The van der Waals surface area contributed by atoms with E-state index in [2.05, 4.69) is 55.0 Å². The van der Waals surface area contributed by atoms with Crippen LogP contribution in [0.15, 0.2) is 29.3 Å². The Labute approximate surface area is 116 Å². The van der Waals surface area contributed by atoms with E-state index in [-0.39, 0.29) is 11.8 Å². The van der Waals surface area contributed by atoms with Crippen molar-refractivity contribution in [2.45, 2.75) is 33.6 Å². The van der Waals surface area contributed by atoms with Crippen molar-refractivity contribution in [3.8, 4) is 5.69 Å². The average molecular weight is 275 g/mol. The number of amides is 1. The fraction of sp³-hybridized carbons (Fsp3) is 0.357. The molecule has 1 amide bonds. The van der Waals surface area contributed by atoms with E-state index in [9.17, 15) is 4.79 Å². The van der Waals surface area contributed by atoms with E-state index in [0.29, 0.717) is 4.80 Å². The Kier molecular flexibility index (Phi) is 3.95. The van der Waals surface area contributed by atoms with Crippen LogP contribution in [0.25, 0.3) is 5.69 Å². The highest BCUT2D eigenvalue weighted by atomic mass is 32.1. The molecule has 0 aliphatic heterocycles. The number of carbonyl (C=O) groups is 1. The van der Waals surface area contributed by atoms with E-state index in [1.807, 2.05) is 3.96 Å². The first kappa shape index (κ1) is 13.7. The zero-order valence-corrected chi connectivity index (χ0v) is 12.4. The lowest BCUT2D eigenvalue weighted by molar-refractivity contribution is -0.116. The Bertz CT molecular complexity index is 650. The fourth-order valence-electron chi connectivity index (χ4n) is 1.70. The molecule has 0 bridgehead atoms. The van der Waals surface area contributed by atoms with Crippen molar-refractivity contribution in [2.24, 2.45) is 4.99 Å². The second kappa shape index (κ2) is 5.48. The summed E-state index contributed by atoms with van der Waals surface area (Å²) in [6.07, 6.45) is 0. The molecule has 0 aliphatic rings. The van der Waals surface area contributed by atoms with Crippen molar-refractivity contribution in [3.63, 3.8) is 0 Å². The van der Waals surface area contributed by atoms with Crippen molar-refractivity contribution in [2.75, 3.05) is 0 Å². The summed E-state index contributed by atoms with van der Waals surface area (Å²) < 4.78 is 2.03. The molecule has 4 nitrogen and oxygen atoms in total. The minimum atomic E-state index is -0.222. The van der Waals surface area contributed by atoms with Crippen molar-refractivity contribution in [1.29, 1.82) is 0 Å². The first-order valence-corrected chi connectivity index (χ1v) is 6.97. The predicted octanol–water partition coefficient (Wildman–Crippen LogP) is 2.81. The molecule has 0 N–H and O–H groups in total. The molecule has 0 spiro atoms. The second-order valence-corrected chi connectivity index (χ2v) is 5.67. The van der Waals surface area contributed by atoms with Crippen LogP contribution < -0.4 is 4.80 Å². The van der Waals surface area contributed by atoms with Gasteiger partial charge in [0.1, 0.15) is 5.82 Å². The SMILES string of the molecule is CC(=O)N=c1nc(C(C)C)n(-c2ccc(C)cc2)s1. The number of carbonyl (C=O) groups excluding carboxylic acids is 1. The Morgan fingerprint density at radius 3 is 2.47 bits per heavy atom. The average Bonchev–Trinajstić information content (AvgIpc) is 2.73. The lowest BCUT2D eigenvalue weighted by Gasteiger charge is -2.08. The largest absolute Gasteiger partial charge is 0.273 e. The summed E-state index contributed by atoms with van der Waals surface area (Å²) in [5, 5.41) is 0. The molecule has 0 saturated carbocycles. The highest BCUT2D eigenvalue weighted by Crippen LogP contribution is 2.19. The van der Waals surface area contributed by atoms with Crippen LogP contribution in [0.4, 0.5) is 0 Å². The molecule has 0 radical (unpaired) electrons. The first-order valence-electron chi connectivity index (χ1n) is 6.20. The van der Waals surface area contributed by atoms with E-state index >= 15 is 0 Å². The van der Waals surface area contributed by atoms with Gasteiger partial charge in [-0.05, 0) is 30.6 Å². The van der Waals surface area contributed by atoms with E-state index in [0.717, 1.165) is 11.5 Å². The van der Waals surface area contributed by atoms with Gasteiger partial charge in [-0.2, -0.15) is 4.99 Å². The molecule has 1 heterocycles. The minimum absolute atomic E-state index is 0.222. The van der Waals surface area contributed by atoms with Gasteiger partial charge in [0.25, 0.3) is 0 Å². The Morgan fingerprint density at radius 2 is 1.95 bits per heavy atom. The molecule has 0 fully saturated rings. The quantitative estimate of drug-likeness (QED) is 0.846. The van der Waals surface area contributed by atoms with E-state index in [1.165, 1.54) is 24.0 Å². The number of hydrogen-bond acceptors (Lipinski definition) is 3. The van der Waals surface area contributed by atoms with Gasteiger partial charge < -0.3 is 0 Å². The Hall–Kier alpha value is -1.75. The Morgan fingerprint density at radius 1 is 1.32 bits per heavy atom. The third kappa shape index (κ3) is 3.17. The van der Waals surface area contributed by atoms with Crippen LogP contribution in [0, 0.1) is 6.92 Å². The molecule has 0 aliphatic carbocycles. The highest BCUT2D eigenvalue weighted by Gasteiger charge is 2.12. The third-order valence-corrected chi connectivity index (χ3v) is 3.56. The first-order chi connectivity index (χ1) is 8.97. The van der Waals surface area contributed by atoms with Crippen molar-refractivity contribution < 1.29 is 4.79 Å². The number of aryl methyl sites for hydroxylation is 1. The van der Waals surface area contributed by atoms with Crippen LogP contribution in [-0.4, -0.2) is 14.8 Å². The normalized spacial score (nSPS) is 12.2. The lowest BCUT2D eigenvalue weighted by Crippen LogP contribution is -2.04. The van der Waals surface area contributed by atoms with Gasteiger partial charge in [0.05, 0.1) is 5.69 Å². The van der Waals surface area contributed by atoms with Gasteiger partial charge in [0.2, 0.25) is 10.7 Å². The highest BCUT2D eigenvalue weighted by molar-refractivity contribution is 7.04. The van der Waals surface area contributed by atoms with Crippen LogP contribution in [0.2, 0.25) is 0 Å². The number of benzene rings is 1. The van der Waals surface area contributed by atoms with Gasteiger partial charge in [-0.15, -0.1) is 0 Å². The zero-order chi connectivity index (χ0) is 14.0. The van der Waals surface area contributed by atoms with Gasteiger partial charge in [-0.1, -0.05) is 31.5 Å². The zero-order valence-electron chi connectivity index (χ0n) is 11.5. The summed E-state index contributed by atoms with van der Waals surface area (Å²) in [7, 11) is 0. The maximum atomic E-state index is 11.1. The van der Waals surface area contributed by atoms with E-state index < -0.39 is 0 Å². The van der Waals surface area contributed by atoms with Crippen molar-refractivity contribution in [1.82, 2.24) is 8.94 Å². The summed E-state index contributed by atoms with van der Waals surface area (Å²) in [5.74, 6) is 0.974. The number of hydrogen-bond donors (Lipinski definition) is 0. The second-order valence-electron chi connectivity index (χ2n) is 4.76. The van der Waals surface area contributed by atoms with Gasteiger partial charge >= 0.3 is 0 Å². The molecule has 0 unspecified atom stereocenters. The Balaban J connectivity index is 2.58. The molecule has 0 saturated heterocycles. The van der Waals surface area contributed by atoms with Gasteiger partial charge in [0.15, 0.2) is 0 Å². The fourth-order valence-corrected chi connectivity index (χ4v) is 2.74.